The van der Waals surface area contributed by atoms with Crippen molar-refractivity contribution >= 4 is 31.4 Å². The molecule has 0 radical (unpaired) electrons. The van der Waals surface area contributed by atoms with Crippen LogP contribution in [0.15, 0.2) is 130 Å². The van der Waals surface area contributed by atoms with Crippen molar-refractivity contribution in [2.45, 2.75) is 34.6 Å². The fourth-order valence-electron chi connectivity index (χ4n) is 5.06. The maximum Gasteiger partial charge on any atom is 0.238 e. The van der Waals surface area contributed by atoms with Gasteiger partial charge in [-0.25, -0.2) is 22.0 Å². The summed E-state index contributed by atoms with van der Waals surface area (Å²) in [6, 6.07) is 33.2. The van der Waals surface area contributed by atoms with Crippen LogP contribution >= 0.6 is 0 Å². The van der Waals surface area contributed by atoms with Gasteiger partial charge in [0, 0.05) is 28.9 Å². The van der Waals surface area contributed by atoms with Gasteiger partial charge in [-0.3, -0.25) is 5.41 Å². The summed E-state index contributed by atoms with van der Waals surface area (Å²) in [6.07, 6.45) is 0.785. The van der Waals surface area contributed by atoms with Crippen LogP contribution in [0.2, 0.25) is 0 Å². The first-order chi connectivity index (χ1) is 21.0. The van der Waals surface area contributed by atoms with E-state index in [0.717, 1.165) is 23.2 Å². The normalized spacial score (nSPS) is 11.7. The van der Waals surface area contributed by atoms with Crippen molar-refractivity contribution < 1.29 is 16.8 Å². The Morgan fingerprint density at radius 3 is 2.05 bits per heavy atom. The molecule has 0 atom stereocenters. The lowest BCUT2D eigenvalue weighted by atomic mass is 10.0. The zero-order valence-corrected chi connectivity index (χ0v) is 25.6. The lowest BCUT2D eigenvalue weighted by molar-refractivity contribution is 0.595. The molecular formula is C34H32N4O4S2. The highest BCUT2D eigenvalue weighted by atomic mass is 32.2. The van der Waals surface area contributed by atoms with Crippen molar-refractivity contribution in [2.24, 2.45) is 10.9 Å². The molecule has 0 heterocycles. The van der Waals surface area contributed by atoms with Gasteiger partial charge in [-0.2, -0.15) is 0 Å². The van der Waals surface area contributed by atoms with Crippen LogP contribution in [0.3, 0.4) is 0 Å². The van der Waals surface area contributed by atoms with Gasteiger partial charge in [-0.15, -0.1) is 0 Å². The van der Waals surface area contributed by atoms with Crippen molar-refractivity contribution in [2.75, 3.05) is 5.32 Å². The van der Waals surface area contributed by atoms with Gasteiger partial charge >= 0.3 is 0 Å². The first-order valence-corrected chi connectivity index (χ1v) is 16.9. The number of nitrogen functional groups attached to an aromatic ring is 1. The Morgan fingerprint density at radius 1 is 0.727 bits per heavy atom. The Hall–Kier alpha value is -4.77. The highest BCUT2D eigenvalue weighted by Gasteiger charge is 2.27. The summed E-state index contributed by atoms with van der Waals surface area (Å²) in [5.41, 5.74) is 11.1. The first kappa shape index (κ1) is 30.7. The number of sulfonamides is 1. The third-order valence-electron chi connectivity index (χ3n) is 7.34. The second kappa shape index (κ2) is 12.5. The SMILES string of the molecule is CCc1ccc(S(=O)(=O)c2c(C(=N)N)cccc2-c2cccc(CNc3ccc(-c4ccccc4S(N)(=O)=O)cc3)c2)cc1. The zero-order valence-electron chi connectivity index (χ0n) is 24.0. The van der Waals surface area contributed by atoms with Crippen LogP contribution in [0.5, 0.6) is 0 Å². The number of hydrogen-bond donors (Lipinski definition) is 4. The van der Waals surface area contributed by atoms with Crippen LogP contribution in [0, 0.1) is 5.41 Å². The molecule has 0 saturated carbocycles. The third-order valence-corrected chi connectivity index (χ3v) is 10.2. The molecule has 0 aromatic heterocycles. The van der Waals surface area contributed by atoms with Gasteiger partial charge in [-0.1, -0.05) is 79.7 Å². The van der Waals surface area contributed by atoms with Gasteiger partial charge in [0.15, 0.2) is 0 Å². The third kappa shape index (κ3) is 6.42. The van der Waals surface area contributed by atoms with Gasteiger partial charge in [0.25, 0.3) is 0 Å². The van der Waals surface area contributed by atoms with Crippen LogP contribution < -0.4 is 16.2 Å². The number of hydrogen-bond acceptors (Lipinski definition) is 6. The van der Waals surface area contributed by atoms with Gasteiger partial charge in [0.1, 0.15) is 5.84 Å². The van der Waals surface area contributed by atoms with Crippen molar-refractivity contribution in [3.8, 4) is 22.3 Å². The Morgan fingerprint density at radius 2 is 1.39 bits per heavy atom. The summed E-state index contributed by atoms with van der Waals surface area (Å²) in [5, 5.41) is 16.9. The van der Waals surface area contributed by atoms with Crippen LogP contribution in [0.25, 0.3) is 22.3 Å². The maximum atomic E-state index is 13.9. The Kier molecular flexibility index (Phi) is 8.68. The Labute approximate surface area is 257 Å². The van der Waals surface area contributed by atoms with E-state index in [1.807, 2.05) is 55.5 Å². The summed E-state index contributed by atoms with van der Waals surface area (Å²) >= 11 is 0. The lowest BCUT2D eigenvalue weighted by Gasteiger charge is -2.16. The molecule has 0 saturated heterocycles. The second-order valence-corrected chi connectivity index (χ2v) is 13.7. The van der Waals surface area contributed by atoms with Crippen LogP contribution in [-0.2, 0) is 32.8 Å². The number of benzene rings is 5. The molecule has 0 unspecified atom stereocenters. The average Bonchev–Trinajstić information content (AvgIpc) is 3.03. The second-order valence-electron chi connectivity index (χ2n) is 10.3. The molecule has 8 nitrogen and oxygen atoms in total. The largest absolute Gasteiger partial charge is 0.384 e. The molecule has 5 rings (SSSR count). The molecule has 10 heteroatoms. The highest BCUT2D eigenvalue weighted by molar-refractivity contribution is 7.91. The summed E-state index contributed by atoms with van der Waals surface area (Å²) in [4.78, 5) is 0.195. The predicted molar refractivity (Wildman–Crippen MR) is 175 cm³/mol. The number of aryl methyl sites for hydroxylation is 1. The molecule has 0 aliphatic heterocycles. The molecular weight excluding hydrogens is 593 g/mol. The molecule has 5 aromatic rings. The van der Waals surface area contributed by atoms with E-state index >= 15 is 0 Å². The maximum absolute atomic E-state index is 13.9. The summed E-state index contributed by atoms with van der Waals surface area (Å²) < 4.78 is 51.9. The van der Waals surface area contributed by atoms with Crippen molar-refractivity contribution in [1.82, 2.24) is 0 Å². The molecule has 0 fully saturated rings. The predicted octanol–water partition coefficient (Wildman–Crippen LogP) is 5.96. The number of nitrogens with one attached hydrogen (secondary N) is 2. The van der Waals surface area contributed by atoms with Crippen molar-refractivity contribution in [3.63, 3.8) is 0 Å². The van der Waals surface area contributed by atoms with Gasteiger partial charge in [0.2, 0.25) is 19.9 Å². The quantitative estimate of drug-likeness (QED) is 0.111. The fourth-order valence-corrected chi connectivity index (χ4v) is 7.50. The van der Waals surface area contributed by atoms with E-state index in [1.54, 1.807) is 60.7 Å². The number of nitrogens with two attached hydrogens (primary N) is 2. The number of rotatable bonds is 10. The summed E-state index contributed by atoms with van der Waals surface area (Å²) in [5.74, 6) is -0.330. The number of primary sulfonamides is 1. The van der Waals surface area contributed by atoms with Crippen molar-refractivity contribution in [3.05, 3.63) is 132 Å². The molecule has 6 N–H and O–H groups in total. The van der Waals surface area contributed by atoms with Crippen LogP contribution in [0.1, 0.15) is 23.6 Å². The van der Waals surface area contributed by atoms with E-state index in [-0.39, 0.29) is 26.1 Å². The first-order valence-electron chi connectivity index (χ1n) is 13.9. The zero-order chi connectivity index (χ0) is 31.5. The standard InChI is InChI=1S/C34H32N4O4S2/c1-2-23-13-19-28(20-14-23)43(39,40)33-30(10-6-11-31(33)34(35)36)26-8-5-7-24(21-26)22-38-27-17-15-25(16-18-27)29-9-3-4-12-32(29)44(37,41)42/h3-21,38H,2,22H2,1H3,(H3,35,36)(H2,37,41,42). The topological polar surface area (TPSA) is 156 Å². The monoisotopic (exact) mass is 624 g/mol. The molecule has 0 bridgehead atoms. The number of sulfone groups is 1. The Balaban J connectivity index is 1.44. The van der Waals surface area contributed by atoms with E-state index in [4.69, 9.17) is 16.3 Å². The van der Waals surface area contributed by atoms with E-state index in [1.165, 1.54) is 6.07 Å². The molecule has 44 heavy (non-hydrogen) atoms. The molecule has 0 aliphatic rings. The average molecular weight is 625 g/mol. The molecule has 5 aromatic carbocycles. The highest BCUT2D eigenvalue weighted by Crippen LogP contribution is 2.35. The summed E-state index contributed by atoms with van der Waals surface area (Å²) in [6.45, 7) is 2.44. The van der Waals surface area contributed by atoms with E-state index < -0.39 is 19.9 Å². The van der Waals surface area contributed by atoms with Crippen LogP contribution in [-0.4, -0.2) is 22.7 Å². The van der Waals surface area contributed by atoms with Gasteiger partial charge < -0.3 is 11.1 Å². The fraction of sp³-hybridized carbons (Fsp3) is 0.0882. The van der Waals surface area contributed by atoms with Crippen molar-refractivity contribution in [1.29, 1.82) is 5.41 Å². The molecule has 0 aliphatic carbocycles. The van der Waals surface area contributed by atoms with E-state index in [2.05, 4.69) is 5.32 Å². The van der Waals surface area contributed by atoms with Crippen LogP contribution in [0.4, 0.5) is 5.69 Å². The molecule has 0 amide bonds. The smallest absolute Gasteiger partial charge is 0.238 e. The molecule has 0 spiro atoms. The van der Waals surface area contributed by atoms with E-state index in [9.17, 15) is 16.8 Å². The number of amidine groups is 1. The van der Waals surface area contributed by atoms with E-state index in [0.29, 0.717) is 28.8 Å². The summed E-state index contributed by atoms with van der Waals surface area (Å²) in [7, 11) is -7.88. The lowest BCUT2D eigenvalue weighted by Crippen LogP contribution is -2.17. The minimum Gasteiger partial charge on any atom is -0.384 e. The number of anilines is 1. The Bertz CT molecular complexity index is 2060. The minimum atomic E-state index is -4.01. The van der Waals surface area contributed by atoms with Gasteiger partial charge in [-0.05, 0) is 71.1 Å². The minimum absolute atomic E-state index is 0.00257. The van der Waals surface area contributed by atoms with Gasteiger partial charge in [0.05, 0.1) is 14.7 Å². The molecule has 224 valence electrons.